The van der Waals surface area contributed by atoms with Gasteiger partial charge >= 0.3 is 0 Å². The van der Waals surface area contributed by atoms with E-state index in [1.165, 1.54) is 28.6 Å². The summed E-state index contributed by atoms with van der Waals surface area (Å²) in [6.45, 7) is 28.7. The third kappa shape index (κ3) is 5.14. The number of fused-ring (bicyclic) bond motifs is 3. The first-order valence-electron chi connectivity index (χ1n) is 13.3. The first-order chi connectivity index (χ1) is 16.3. The average Bonchev–Trinajstić information content (AvgIpc) is 3.37. The summed E-state index contributed by atoms with van der Waals surface area (Å²) in [4.78, 5) is 2.47. The van der Waals surface area contributed by atoms with Crippen molar-refractivity contribution < 1.29 is 0 Å². The van der Waals surface area contributed by atoms with Crippen LogP contribution >= 0.6 is 34.0 Å². The summed E-state index contributed by atoms with van der Waals surface area (Å²) in [5.74, 6) is 7.36. The summed E-state index contributed by atoms with van der Waals surface area (Å²) in [5.41, 5.74) is 11.8. The molecule has 3 heterocycles. The summed E-state index contributed by atoms with van der Waals surface area (Å²) >= 11 is 5.70. The summed E-state index contributed by atoms with van der Waals surface area (Å²) in [6, 6.07) is 4.67. The van der Waals surface area contributed by atoms with Crippen LogP contribution in [0.2, 0.25) is 33.2 Å². The van der Waals surface area contributed by atoms with Crippen molar-refractivity contribution in [2.45, 2.75) is 116 Å². The molecule has 0 N–H and O–H groups in total. The Morgan fingerprint density at radius 1 is 0.486 bits per heavy atom. The molecule has 0 spiro atoms. The van der Waals surface area contributed by atoms with Gasteiger partial charge in [-0.05, 0) is 45.4 Å². The predicted molar refractivity (Wildman–Crippen MR) is 171 cm³/mol. The monoisotopic (exact) mass is 556 g/mol. The third-order valence-corrected chi connectivity index (χ3v) is 24.5. The van der Waals surface area contributed by atoms with E-state index < -0.39 is 16.1 Å². The number of hydrogen-bond acceptors (Lipinski definition) is 3. The van der Waals surface area contributed by atoms with Gasteiger partial charge in [-0.3, -0.25) is 0 Å². The van der Waals surface area contributed by atoms with Gasteiger partial charge in [0.25, 0.3) is 0 Å². The van der Waals surface area contributed by atoms with Gasteiger partial charge in [-0.25, -0.2) is 0 Å². The molecule has 0 atom stereocenters. The van der Waals surface area contributed by atoms with Crippen LogP contribution in [0.15, 0.2) is 12.1 Å². The Morgan fingerprint density at radius 2 is 0.771 bits per heavy atom. The van der Waals surface area contributed by atoms with E-state index in [-0.39, 0.29) is 0 Å². The lowest BCUT2D eigenvalue weighted by Crippen LogP contribution is -2.43. The highest BCUT2D eigenvalue weighted by molar-refractivity contribution is 7.38. The summed E-state index contributed by atoms with van der Waals surface area (Å²) < 4.78 is 5.61. The fourth-order valence-corrected chi connectivity index (χ4v) is 21.0. The first-order valence-corrected chi connectivity index (χ1v) is 20.2. The molecule has 0 amide bonds. The normalized spacial score (nSPS) is 13.1. The van der Waals surface area contributed by atoms with Crippen LogP contribution in [0.3, 0.4) is 0 Å². The van der Waals surface area contributed by atoms with Crippen molar-refractivity contribution in [1.82, 2.24) is 0 Å². The third-order valence-electron chi connectivity index (χ3n) is 8.36. The van der Waals surface area contributed by atoms with Gasteiger partial charge in [0.2, 0.25) is 0 Å². The minimum atomic E-state index is -1.71. The Kier molecular flexibility index (Phi) is 8.94. The maximum Gasteiger partial charge on any atom is 0.146 e. The second kappa shape index (κ2) is 10.9. The van der Waals surface area contributed by atoms with Gasteiger partial charge in [-0.1, -0.05) is 94.9 Å². The van der Waals surface area contributed by atoms with E-state index in [4.69, 9.17) is 0 Å². The highest BCUT2D eigenvalue weighted by atomic mass is 32.1. The largest absolute Gasteiger partial charge is 0.146 e. The fourth-order valence-electron chi connectivity index (χ4n) is 6.66. The summed E-state index contributed by atoms with van der Waals surface area (Å²) in [7, 11) is -3.42. The van der Waals surface area contributed by atoms with Crippen molar-refractivity contribution in [1.29, 1.82) is 0 Å². The molecule has 5 heteroatoms. The molecule has 0 unspecified atom stereocenters. The van der Waals surface area contributed by atoms with Gasteiger partial charge in [0, 0.05) is 9.40 Å². The molecule has 0 nitrogen and oxygen atoms in total. The van der Waals surface area contributed by atoms with E-state index >= 15 is 0 Å². The van der Waals surface area contributed by atoms with E-state index in [2.05, 4.69) is 118 Å². The fraction of sp³-hybridized carbons (Fsp3) is 0.600. The molecule has 0 aliphatic heterocycles. The quantitative estimate of drug-likeness (QED) is 0.209. The molecule has 0 aliphatic carbocycles. The molecule has 0 aliphatic rings. The van der Waals surface area contributed by atoms with E-state index in [1.54, 1.807) is 0 Å². The zero-order chi connectivity index (χ0) is 26.3. The highest BCUT2D eigenvalue weighted by Crippen LogP contribution is 2.45. The number of hydrogen-bond donors (Lipinski definition) is 0. The molecule has 3 aromatic rings. The van der Waals surface area contributed by atoms with Crippen LogP contribution < -0.4 is 0 Å². The van der Waals surface area contributed by atoms with E-state index in [0.717, 1.165) is 0 Å². The van der Waals surface area contributed by atoms with Gasteiger partial charge in [-0.2, -0.15) is 0 Å². The lowest BCUT2D eigenvalue weighted by Gasteiger charge is -2.38. The lowest BCUT2D eigenvalue weighted by molar-refractivity contribution is 0.838. The molecule has 0 aromatic carbocycles. The van der Waals surface area contributed by atoms with Crippen molar-refractivity contribution in [3.8, 4) is 22.9 Å². The maximum atomic E-state index is 3.91. The van der Waals surface area contributed by atoms with Gasteiger partial charge in [0.1, 0.15) is 16.1 Å². The number of rotatable bonds is 6. The van der Waals surface area contributed by atoms with Crippen LogP contribution in [-0.2, 0) is 0 Å². The van der Waals surface area contributed by atoms with Crippen LogP contribution in [-0.4, -0.2) is 16.1 Å². The topological polar surface area (TPSA) is 0 Å². The van der Waals surface area contributed by atoms with Crippen LogP contribution in [0.4, 0.5) is 0 Å². The van der Waals surface area contributed by atoms with Gasteiger partial charge in [-0.15, -0.1) is 45.1 Å². The van der Waals surface area contributed by atoms with Crippen molar-refractivity contribution in [2.24, 2.45) is 0 Å². The minimum Gasteiger partial charge on any atom is -0.133 e. The predicted octanol–water partition coefficient (Wildman–Crippen LogP) is 11.3. The summed E-state index contributed by atoms with van der Waals surface area (Å²) in [6.07, 6.45) is 0. The molecule has 0 radical (unpaired) electrons. The smallest absolute Gasteiger partial charge is 0.133 e. The standard InChI is InChI=1S/C30H44S3Si2/c1-19(2)34(20(3)4,21(5)6)15-13-25-17-27-29(31-25)30-28(33-27)18-26(32-30)14-16-35(22(7)8,23(9)10)24(11)12/h17-24H,1-12H3. The Labute approximate surface area is 229 Å². The van der Waals surface area contributed by atoms with Crippen LogP contribution in [0.25, 0.3) is 18.8 Å². The van der Waals surface area contributed by atoms with E-state index in [0.29, 0.717) is 33.2 Å². The Bertz CT molecular complexity index is 1150. The van der Waals surface area contributed by atoms with Gasteiger partial charge < -0.3 is 0 Å². The van der Waals surface area contributed by atoms with E-state index in [9.17, 15) is 0 Å². The molecule has 3 rings (SSSR count). The summed E-state index contributed by atoms with van der Waals surface area (Å²) in [5, 5.41) is 0. The second-order valence-corrected chi connectivity index (χ2v) is 26.4. The van der Waals surface area contributed by atoms with Crippen molar-refractivity contribution in [3.05, 3.63) is 21.9 Å². The number of thiophene rings is 3. The molecular weight excluding hydrogens is 513 g/mol. The minimum absolute atomic E-state index is 0.666. The second-order valence-electron chi connectivity index (χ2n) is 12.0. The molecule has 0 fully saturated rings. The Hall–Kier alpha value is -0.826. The van der Waals surface area contributed by atoms with Crippen LogP contribution in [0, 0.1) is 22.9 Å². The molecule has 0 bridgehead atoms. The zero-order valence-electron chi connectivity index (χ0n) is 23.8. The molecule has 190 valence electrons. The van der Waals surface area contributed by atoms with Crippen LogP contribution in [0.5, 0.6) is 0 Å². The average molecular weight is 557 g/mol. The van der Waals surface area contributed by atoms with Gasteiger partial charge in [0.05, 0.1) is 19.2 Å². The molecule has 3 aromatic heterocycles. The molecular formula is C30H44S3Si2. The molecule has 0 saturated carbocycles. The van der Waals surface area contributed by atoms with Gasteiger partial charge in [0.15, 0.2) is 0 Å². The van der Waals surface area contributed by atoms with Crippen LogP contribution in [0.1, 0.15) is 92.8 Å². The highest BCUT2D eigenvalue weighted by Gasteiger charge is 2.42. The van der Waals surface area contributed by atoms with E-state index in [1.807, 2.05) is 34.0 Å². The zero-order valence-corrected chi connectivity index (χ0v) is 28.3. The first kappa shape index (κ1) is 28.7. The lowest BCUT2D eigenvalue weighted by atomic mass is 10.4. The SMILES string of the molecule is CC(C)[Si](C#Cc1cc2sc3cc(C#C[Si](C(C)C)(C(C)C)C(C)C)sc3c2s1)(C(C)C)C(C)C. The Balaban J connectivity index is 2.03. The maximum absolute atomic E-state index is 3.91. The Morgan fingerprint density at radius 3 is 1.03 bits per heavy atom. The van der Waals surface area contributed by atoms with Crippen molar-refractivity contribution in [2.75, 3.05) is 0 Å². The van der Waals surface area contributed by atoms with Crippen molar-refractivity contribution in [3.63, 3.8) is 0 Å². The van der Waals surface area contributed by atoms with Crippen molar-refractivity contribution >= 4 is 69.0 Å². The molecule has 0 saturated heterocycles. The molecule has 35 heavy (non-hydrogen) atoms.